The molecule has 0 saturated carbocycles. The minimum atomic E-state index is -3.13. The van der Waals surface area contributed by atoms with Crippen molar-refractivity contribution < 1.29 is 13.5 Å². The minimum absolute atomic E-state index is 0.0593. The summed E-state index contributed by atoms with van der Waals surface area (Å²) < 4.78 is 25.1. The highest BCUT2D eigenvalue weighted by molar-refractivity contribution is 7.99. The maximum absolute atomic E-state index is 11.8. The van der Waals surface area contributed by atoms with Crippen LogP contribution < -0.4 is 0 Å². The summed E-state index contributed by atoms with van der Waals surface area (Å²) in [6.07, 6.45) is 0.332. The summed E-state index contributed by atoms with van der Waals surface area (Å²) in [5.41, 5.74) is 0. The van der Waals surface area contributed by atoms with E-state index < -0.39 is 10.0 Å². The van der Waals surface area contributed by atoms with Crippen LogP contribution in [0.25, 0.3) is 0 Å². The Bertz CT molecular complexity index is 266. The Morgan fingerprint density at radius 1 is 1.57 bits per heavy atom. The first-order chi connectivity index (χ1) is 6.58. The summed E-state index contributed by atoms with van der Waals surface area (Å²) in [6.45, 7) is 2.48. The first kappa shape index (κ1) is 12.3. The predicted octanol–water partition coefficient (Wildman–Crippen LogP) is 0.136. The molecule has 0 aromatic heterocycles. The number of aliphatic hydroxyl groups is 1. The molecule has 1 heterocycles. The Morgan fingerprint density at radius 3 is 2.86 bits per heavy atom. The van der Waals surface area contributed by atoms with E-state index in [4.69, 9.17) is 5.11 Å². The molecule has 4 nitrogen and oxygen atoms in total. The van der Waals surface area contributed by atoms with Crippen LogP contribution in [0.4, 0.5) is 0 Å². The van der Waals surface area contributed by atoms with E-state index in [-0.39, 0.29) is 18.4 Å². The van der Waals surface area contributed by atoms with Gasteiger partial charge in [-0.2, -0.15) is 16.1 Å². The van der Waals surface area contributed by atoms with Crippen LogP contribution in [0.15, 0.2) is 0 Å². The summed E-state index contributed by atoms with van der Waals surface area (Å²) in [4.78, 5) is 0. The number of hydrogen-bond acceptors (Lipinski definition) is 4. The molecular formula is C8H17NO3S2. The Morgan fingerprint density at radius 2 is 2.29 bits per heavy atom. The zero-order valence-electron chi connectivity index (χ0n) is 8.35. The fourth-order valence-corrected chi connectivity index (χ4v) is 4.43. The van der Waals surface area contributed by atoms with E-state index in [2.05, 4.69) is 0 Å². The van der Waals surface area contributed by atoms with Gasteiger partial charge in [0.2, 0.25) is 10.0 Å². The molecule has 14 heavy (non-hydrogen) atoms. The number of hydrogen-bond donors (Lipinski definition) is 1. The van der Waals surface area contributed by atoms with Gasteiger partial charge in [-0.1, -0.05) is 0 Å². The molecule has 0 amide bonds. The molecule has 0 aromatic carbocycles. The van der Waals surface area contributed by atoms with E-state index in [1.807, 2.05) is 6.92 Å². The molecule has 1 rings (SSSR count). The SMILES string of the molecule is CC1CSCCN1S(=O)(=O)CCCO. The average Bonchev–Trinajstić information content (AvgIpc) is 2.15. The second-order valence-corrected chi connectivity index (χ2v) is 6.62. The molecule has 0 bridgehead atoms. The van der Waals surface area contributed by atoms with Crippen LogP contribution >= 0.6 is 11.8 Å². The van der Waals surface area contributed by atoms with Crippen LogP contribution in [0.2, 0.25) is 0 Å². The van der Waals surface area contributed by atoms with Crippen molar-refractivity contribution in [3.8, 4) is 0 Å². The van der Waals surface area contributed by atoms with Crippen LogP contribution in [0.1, 0.15) is 13.3 Å². The summed E-state index contributed by atoms with van der Waals surface area (Å²) in [5, 5.41) is 8.61. The third kappa shape index (κ3) is 3.12. The normalized spacial score (nSPS) is 25.1. The molecule has 1 fully saturated rings. The fourth-order valence-electron chi connectivity index (χ4n) is 1.49. The Balaban J connectivity index is 2.60. The van der Waals surface area contributed by atoms with Crippen molar-refractivity contribution in [3.63, 3.8) is 0 Å². The lowest BCUT2D eigenvalue weighted by Crippen LogP contribution is -2.45. The van der Waals surface area contributed by atoms with Crippen LogP contribution in [-0.4, -0.2) is 54.3 Å². The highest BCUT2D eigenvalue weighted by Gasteiger charge is 2.28. The third-order valence-corrected chi connectivity index (χ3v) is 5.48. The van der Waals surface area contributed by atoms with E-state index >= 15 is 0 Å². The highest BCUT2D eigenvalue weighted by Crippen LogP contribution is 2.19. The van der Waals surface area contributed by atoms with Crippen molar-refractivity contribution in [1.29, 1.82) is 0 Å². The number of thioether (sulfide) groups is 1. The molecule has 1 aliphatic rings. The number of sulfonamides is 1. The molecule has 1 N–H and O–H groups in total. The van der Waals surface area contributed by atoms with E-state index in [1.54, 1.807) is 16.1 Å². The summed E-state index contributed by atoms with van der Waals surface area (Å²) in [7, 11) is -3.13. The minimum Gasteiger partial charge on any atom is -0.396 e. The zero-order chi connectivity index (χ0) is 10.6. The van der Waals surface area contributed by atoms with Crippen molar-refractivity contribution in [2.45, 2.75) is 19.4 Å². The van der Waals surface area contributed by atoms with Crippen molar-refractivity contribution in [2.75, 3.05) is 30.4 Å². The van der Waals surface area contributed by atoms with Crippen molar-refractivity contribution in [3.05, 3.63) is 0 Å². The molecule has 0 aromatic rings. The van der Waals surface area contributed by atoms with E-state index in [0.717, 1.165) is 11.5 Å². The lowest BCUT2D eigenvalue weighted by atomic mass is 10.4. The van der Waals surface area contributed by atoms with Gasteiger partial charge < -0.3 is 5.11 Å². The molecule has 1 unspecified atom stereocenters. The van der Waals surface area contributed by atoms with E-state index in [9.17, 15) is 8.42 Å². The van der Waals surface area contributed by atoms with Gasteiger partial charge in [-0.25, -0.2) is 8.42 Å². The zero-order valence-corrected chi connectivity index (χ0v) is 9.98. The van der Waals surface area contributed by atoms with Gasteiger partial charge in [-0.05, 0) is 13.3 Å². The quantitative estimate of drug-likeness (QED) is 0.758. The van der Waals surface area contributed by atoms with Gasteiger partial charge in [0.05, 0.1) is 5.75 Å². The van der Waals surface area contributed by atoms with Crippen LogP contribution in [-0.2, 0) is 10.0 Å². The molecule has 1 saturated heterocycles. The second kappa shape index (κ2) is 5.34. The topological polar surface area (TPSA) is 57.6 Å². The van der Waals surface area contributed by atoms with Crippen LogP contribution in [0.3, 0.4) is 0 Å². The Labute approximate surface area is 89.7 Å². The standard InChI is InChI=1S/C8H17NO3S2/c1-8-7-13-5-3-9(8)14(11,12)6-2-4-10/h8,10H,2-7H2,1H3. The maximum atomic E-state index is 11.8. The van der Waals surface area contributed by atoms with Gasteiger partial charge in [0.15, 0.2) is 0 Å². The van der Waals surface area contributed by atoms with Crippen molar-refractivity contribution in [1.82, 2.24) is 4.31 Å². The van der Waals surface area contributed by atoms with Crippen molar-refractivity contribution >= 4 is 21.8 Å². The van der Waals surface area contributed by atoms with Crippen LogP contribution in [0, 0.1) is 0 Å². The highest BCUT2D eigenvalue weighted by atomic mass is 32.2. The van der Waals surface area contributed by atoms with Crippen molar-refractivity contribution in [2.24, 2.45) is 0 Å². The van der Waals surface area contributed by atoms with Gasteiger partial charge in [0.1, 0.15) is 0 Å². The molecule has 0 spiro atoms. The third-order valence-electron chi connectivity index (χ3n) is 2.22. The van der Waals surface area contributed by atoms with Gasteiger partial charge >= 0.3 is 0 Å². The monoisotopic (exact) mass is 239 g/mol. The molecule has 0 aliphatic carbocycles. The Kier molecular flexibility index (Phi) is 4.69. The summed E-state index contributed by atoms with van der Waals surface area (Å²) >= 11 is 1.79. The fraction of sp³-hybridized carbons (Fsp3) is 1.00. The van der Waals surface area contributed by atoms with E-state index in [1.165, 1.54) is 0 Å². The number of nitrogens with zero attached hydrogens (tertiary/aromatic N) is 1. The molecule has 1 aliphatic heterocycles. The smallest absolute Gasteiger partial charge is 0.214 e. The van der Waals surface area contributed by atoms with Gasteiger partial charge in [-0.3, -0.25) is 0 Å². The second-order valence-electron chi connectivity index (χ2n) is 3.43. The summed E-state index contributed by atoms with van der Waals surface area (Å²) in [5.74, 6) is 1.82. The Hall–Kier alpha value is 0.220. The number of rotatable bonds is 4. The lowest BCUT2D eigenvalue weighted by Gasteiger charge is -2.31. The van der Waals surface area contributed by atoms with Crippen LogP contribution in [0.5, 0.6) is 0 Å². The summed E-state index contributed by atoms with van der Waals surface area (Å²) in [6, 6.07) is 0.0949. The molecule has 0 radical (unpaired) electrons. The predicted molar refractivity (Wildman–Crippen MR) is 59.0 cm³/mol. The first-order valence-electron chi connectivity index (χ1n) is 4.76. The maximum Gasteiger partial charge on any atom is 0.214 e. The first-order valence-corrected chi connectivity index (χ1v) is 7.52. The molecule has 6 heteroatoms. The van der Waals surface area contributed by atoms with Gasteiger partial charge in [0, 0.05) is 30.7 Å². The lowest BCUT2D eigenvalue weighted by molar-refractivity contribution is 0.292. The molecular weight excluding hydrogens is 222 g/mol. The molecule has 84 valence electrons. The number of aliphatic hydroxyl groups excluding tert-OH is 1. The largest absolute Gasteiger partial charge is 0.396 e. The average molecular weight is 239 g/mol. The van der Waals surface area contributed by atoms with Gasteiger partial charge in [-0.15, -0.1) is 0 Å². The van der Waals surface area contributed by atoms with E-state index in [0.29, 0.717) is 13.0 Å². The molecule has 1 atom stereocenters. The van der Waals surface area contributed by atoms with Gasteiger partial charge in [0.25, 0.3) is 0 Å².